The van der Waals surface area contributed by atoms with E-state index in [9.17, 15) is 4.79 Å². The molecule has 2 rings (SSSR count). The third-order valence-electron chi connectivity index (χ3n) is 3.99. The second kappa shape index (κ2) is 9.66. The van der Waals surface area contributed by atoms with Gasteiger partial charge in [0.25, 0.3) is 0 Å². The maximum absolute atomic E-state index is 12.1. The Morgan fingerprint density at radius 1 is 1.45 bits per heavy atom. The summed E-state index contributed by atoms with van der Waals surface area (Å²) in [4.78, 5) is 14.3. The molecule has 1 heterocycles. The number of nitrogens with one attached hydrogen (secondary N) is 1. The van der Waals surface area contributed by atoms with Gasteiger partial charge in [0.05, 0.1) is 13.7 Å². The Labute approximate surface area is 138 Å². The summed E-state index contributed by atoms with van der Waals surface area (Å²) in [5.41, 5.74) is 6.82. The van der Waals surface area contributed by atoms with Gasteiger partial charge in [-0.1, -0.05) is 18.6 Å². The minimum atomic E-state index is 0. The molecule has 1 amide bonds. The smallest absolute Gasteiger partial charge is 0.234 e. The number of piperidine rings is 1. The maximum Gasteiger partial charge on any atom is 0.234 e. The number of hydrogen-bond acceptors (Lipinski definition) is 4. The van der Waals surface area contributed by atoms with Gasteiger partial charge < -0.3 is 15.8 Å². The van der Waals surface area contributed by atoms with E-state index in [0.29, 0.717) is 25.7 Å². The largest absolute Gasteiger partial charge is 0.497 e. The Morgan fingerprint density at radius 2 is 2.27 bits per heavy atom. The van der Waals surface area contributed by atoms with E-state index in [1.54, 1.807) is 7.11 Å². The van der Waals surface area contributed by atoms with Gasteiger partial charge in [-0.25, -0.2) is 0 Å². The van der Waals surface area contributed by atoms with Crippen molar-refractivity contribution in [1.82, 2.24) is 10.2 Å². The van der Waals surface area contributed by atoms with Crippen LogP contribution >= 0.6 is 12.4 Å². The van der Waals surface area contributed by atoms with Gasteiger partial charge in [-0.3, -0.25) is 9.69 Å². The number of ether oxygens (including phenoxy) is 1. The second-order valence-electron chi connectivity index (χ2n) is 5.48. The zero-order valence-electron chi connectivity index (χ0n) is 13.1. The first-order valence-electron chi connectivity index (χ1n) is 7.56. The third kappa shape index (κ3) is 5.48. The van der Waals surface area contributed by atoms with Crippen LogP contribution in [0.25, 0.3) is 0 Å². The SMILES string of the molecule is COc1cccc(CNC(=O)CN2CCCCC2CN)c1.Cl. The summed E-state index contributed by atoms with van der Waals surface area (Å²) in [6.07, 6.45) is 3.46. The van der Waals surface area contributed by atoms with E-state index in [4.69, 9.17) is 10.5 Å². The molecule has 1 atom stereocenters. The summed E-state index contributed by atoms with van der Waals surface area (Å²) in [7, 11) is 1.64. The molecule has 1 aliphatic heterocycles. The number of nitrogens with two attached hydrogens (primary N) is 1. The van der Waals surface area contributed by atoms with Crippen LogP contribution in [0.15, 0.2) is 24.3 Å². The number of rotatable bonds is 6. The highest BCUT2D eigenvalue weighted by atomic mass is 35.5. The van der Waals surface area contributed by atoms with Gasteiger partial charge in [-0.15, -0.1) is 12.4 Å². The molecule has 1 saturated heterocycles. The zero-order chi connectivity index (χ0) is 15.1. The number of halogens is 1. The fraction of sp³-hybridized carbons (Fsp3) is 0.562. The van der Waals surface area contributed by atoms with Crippen molar-refractivity contribution in [1.29, 1.82) is 0 Å². The van der Waals surface area contributed by atoms with E-state index in [-0.39, 0.29) is 18.3 Å². The number of benzene rings is 1. The number of hydrogen-bond donors (Lipinski definition) is 2. The highest BCUT2D eigenvalue weighted by Gasteiger charge is 2.22. The summed E-state index contributed by atoms with van der Waals surface area (Å²) in [5.74, 6) is 0.860. The summed E-state index contributed by atoms with van der Waals surface area (Å²) in [6, 6.07) is 8.08. The average Bonchev–Trinajstić information content (AvgIpc) is 2.53. The second-order valence-corrected chi connectivity index (χ2v) is 5.48. The summed E-state index contributed by atoms with van der Waals surface area (Å²) in [5, 5.41) is 2.97. The Balaban J connectivity index is 0.00000242. The monoisotopic (exact) mass is 327 g/mol. The Kier molecular flexibility index (Phi) is 8.24. The number of likely N-dealkylation sites (tertiary alicyclic amines) is 1. The Morgan fingerprint density at radius 3 is 3.00 bits per heavy atom. The number of nitrogens with zero attached hydrogens (tertiary/aromatic N) is 1. The lowest BCUT2D eigenvalue weighted by Gasteiger charge is -2.34. The molecule has 1 unspecified atom stereocenters. The first-order chi connectivity index (χ1) is 10.2. The van der Waals surface area contributed by atoms with E-state index >= 15 is 0 Å². The highest BCUT2D eigenvalue weighted by molar-refractivity contribution is 5.85. The number of carbonyl (C=O) groups is 1. The molecule has 5 nitrogen and oxygen atoms in total. The molecule has 0 spiro atoms. The van der Waals surface area contributed by atoms with Gasteiger partial charge in [-0.2, -0.15) is 0 Å². The first-order valence-corrected chi connectivity index (χ1v) is 7.56. The summed E-state index contributed by atoms with van der Waals surface area (Å²) in [6.45, 7) is 2.56. The molecular weight excluding hydrogens is 302 g/mol. The molecule has 22 heavy (non-hydrogen) atoms. The van der Waals surface area contributed by atoms with Crippen molar-refractivity contribution in [3.05, 3.63) is 29.8 Å². The molecule has 0 radical (unpaired) electrons. The number of amides is 1. The molecule has 1 aromatic carbocycles. The van der Waals surface area contributed by atoms with Gasteiger partial charge in [0.2, 0.25) is 5.91 Å². The van der Waals surface area contributed by atoms with Gasteiger partial charge in [0.15, 0.2) is 0 Å². The Hall–Kier alpha value is -1.30. The lowest BCUT2D eigenvalue weighted by Crippen LogP contribution is -2.48. The predicted octanol–water partition coefficient (Wildman–Crippen LogP) is 1.55. The van der Waals surface area contributed by atoms with Crippen molar-refractivity contribution in [3.63, 3.8) is 0 Å². The molecular formula is C16H26ClN3O2. The molecule has 3 N–H and O–H groups in total. The standard InChI is InChI=1S/C16H25N3O2.ClH/c1-21-15-7-4-5-13(9-15)11-18-16(20)12-19-8-3-2-6-14(19)10-17;/h4-5,7,9,14H,2-3,6,8,10-12,17H2,1H3,(H,18,20);1H. The summed E-state index contributed by atoms with van der Waals surface area (Å²) >= 11 is 0. The lowest BCUT2D eigenvalue weighted by molar-refractivity contribution is -0.123. The van der Waals surface area contributed by atoms with Crippen LogP contribution in [0.3, 0.4) is 0 Å². The fourth-order valence-electron chi connectivity index (χ4n) is 2.76. The van der Waals surface area contributed by atoms with Gasteiger partial charge in [0, 0.05) is 19.1 Å². The van der Waals surface area contributed by atoms with Crippen LogP contribution in [-0.4, -0.2) is 43.6 Å². The molecule has 1 fully saturated rings. The molecule has 124 valence electrons. The van der Waals surface area contributed by atoms with E-state index < -0.39 is 0 Å². The normalized spacial score (nSPS) is 18.4. The zero-order valence-corrected chi connectivity index (χ0v) is 13.9. The van der Waals surface area contributed by atoms with Crippen molar-refractivity contribution in [2.45, 2.75) is 31.8 Å². The first kappa shape index (κ1) is 18.7. The minimum absolute atomic E-state index is 0. The predicted molar refractivity (Wildman–Crippen MR) is 90.4 cm³/mol. The Bertz CT molecular complexity index is 470. The summed E-state index contributed by atoms with van der Waals surface area (Å²) < 4.78 is 5.18. The van der Waals surface area contributed by atoms with Crippen molar-refractivity contribution < 1.29 is 9.53 Å². The molecule has 1 aliphatic rings. The van der Waals surface area contributed by atoms with Crippen LogP contribution in [0.1, 0.15) is 24.8 Å². The average molecular weight is 328 g/mol. The van der Waals surface area contributed by atoms with Crippen molar-refractivity contribution in [3.8, 4) is 5.75 Å². The van der Waals surface area contributed by atoms with E-state index in [0.717, 1.165) is 30.7 Å². The lowest BCUT2D eigenvalue weighted by atomic mass is 10.0. The van der Waals surface area contributed by atoms with Crippen LogP contribution in [-0.2, 0) is 11.3 Å². The molecule has 0 bridgehead atoms. The quantitative estimate of drug-likeness (QED) is 0.832. The van der Waals surface area contributed by atoms with E-state index in [2.05, 4.69) is 10.2 Å². The van der Waals surface area contributed by atoms with Crippen molar-refractivity contribution in [2.24, 2.45) is 5.73 Å². The maximum atomic E-state index is 12.1. The van der Waals surface area contributed by atoms with Crippen LogP contribution in [0.5, 0.6) is 5.75 Å². The van der Waals surface area contributed by atoms with Gasteiger partial charge >= 0.3 is 0 Å². The van der Waals surface area contributed by atoms with Crippen LogP contribution in [0, 0.1) is 0 Å². The van der Waals surface area contributed by atoms with E-state index in [1.165, 1.54) is 6.42 Å². The number of carbonyl (C=O) groups excluding carboxylic acids is 1. The molecule has 0 aliphatic carbocycles. The van der Waals surface area contributed by atoms with Gasteiger partial charge in [0.1, 0.15) is 5.75 Å². The highest BCUT2D eigenvalue weighted by Crippen LogP contribution is 2.15. The fourth-order valence-corrected chi connectivity index (χ4v) is 2.76. The van der Waals surface area contributed by atoms with Crippen LogP contribution in [0.4, 0.5) is 0 Å². The minimum Gasteiger partial charge on any atom is -0.497 e. The van der Waals surface area contributed by atoms with Crippen LogP contribution < -0.4 is 15.8 Å². The molecule has 0 saturated carbocycles. The van der Waals surface area contributed by atoms with Crippen LogP contribution in [0.2, 0.25) is 0 Å². The van der Waals surface area contributed by atoms with Crippen molar-refractivity contribution >= 4 is 18.3 Å². The van der Waals surface area contributed by atoms with E-state index in [1.807, 2.05) is 24.3 Å². The molecule has 0 aromatic heterocycles. The number of methoxy groups -OCH3 is 1. The topological polar surface area (TPSA) is 67.6 Å². The van der Waals surface area contributed by atoms with Crippen molar-refractivity contribution in [2.75, 3.05) is 26.7 Å². The van der Waals surface area contributed by atoms with Gasteiger partial charge in [-0.05, 0) is 37.1 Å². The molecule has 1 aromatic rings. The molecule has 6 heteroatoms. The third-order valence-corrected chi connectivity index (χ3v) is 3.99.